The number of nitrogens with zero attached hydrogens (tertiary/aromatic N) is 3. The van der Waals surface area contributed by atoms with Gasteiger partial charge in [-0.1, -0.05) is 23.7 Å². The van der Waals surface area contributed by atoms with Crippen LogP contribution in [0.4, 0.5) is 0 Å². The summed E-state index contributed by atoms with van der Waals surface area (Å²) in [5, 5.41) is 8.57. The van der Waals surface area contributed by atoms with E-state index < -0.39 is 10.0 Å². The van der Waals surface area contributed by atoms with Gasteiger partial charge in [-0.25, -0.2) is 8.42 Å². The van der Waals surface area contributed by atoms with Crippen molar-refractivity contribution in [1.82, 2.24) is 14.5 Å². The van der Waals surface area contributed by atoms with Crippen LogP contribution in [-0.2, 0) is 16.6 Å². The molecular formula is C21H20ClN3O5S. The fourth-order valence-corrected chi connectivity index (χ4v) is 5.27. The summed E-state index contributed by atoms with van der Waals surface area (Å²) in [4.78, 5) is 0.148. The molecule has 0 amide bonds. The quantitative estimate of drug-likeness (QED) is 0.549. The third-order valence-corrected chi connectivity index (χ3v) is 7.37. The van der Waals surface area contributed by atoms with E-state index in [0.717, 1.165) is 19.3 Å². The van der Waals surface area contributed by atoms with Crippen molar-refractivity contribution in [2.24, 2.45) is 0 Å². The van der Waals surface area contributed by atoms with E-state index in [9.17, 15) is 8.42 Å². The molecule has 1 aliphatic heterocycles. The van der Waals surface area contributed by atoms with Crippen molar-refractivity contribution in [3.05, 3.63) is 53.4 Å². The molecule has 0 radical (unpaired) electrons. The first kappa shape index (κ1) is 20.3. The summed E-state index contributed by atoms with van der Waals surface area (Å²) in [5.74, 6) is 1.45. The van der Waals surface area contributed by atoms with Gasteiger partial charge in [0.25, 0.3) is 0 Å². The van der Waals surface area contributed by atoms with E-state index in [1.165, 1.54) is 10.4 Å². The van der Waals surface area contributed by atoms with Crippen LogP contribution in [-0.4, -0.2) is 42.2 Å². The molecule has 31 heavy (non-hydrogen) atoms. The Hall–Kier alpha value is -2.62. The Bertz CT molecular complexity index is 1210. The lowest BCUT2D eigenvalue weighted by Crippen LogP contribution is -2.32. The van der Waals surface area contributed by atoms with Gasteiger partial charge in [-0.15, -0.1) is 10.2 Å². The lowest BCUT2D eigenvalue weighted by molar-refractivity contribution is 0.296. The van der Waals surface area contributed by atoms with Crippen molar-refractivity contribution in [2.75, 3.05) is 13.2 Å². The summed E-state index contributed by atoms with van der Waals surface area (Å²) >= 11 is 6.20. The highest BCUT2D eigenvalue weighted by Gasteiger charge is 2.39. The van der Waals surface area contributed by atoms with Crippen LogP contribution in [0.5, 0.6) is 11.5 Å². The van der Waals surface area contributed by atoms with Crippen LogP contribution < -0.4 is 9.47 Å². The molecule has 2 aromatic carbocycles. The number of aromatic nitrogens is 2. The summed E-state index contributed by atoms with van der Waals surface area (Å²) in [6.45, 7) is 1.01. The van der Waals surface area contributed by atoms with Crippen LogP contribution in [0.15, 0.2) is 51.8 Å². The van der Waals surface area contributed by atoms with Crippen LogP contribution in [0, 0.1) is 0 Å². The van der Waals surface area contributed by atoms with E-state index in [1.54, 1.807) is 30.3 Å². The topological polar surface area (TPSA) is 94.8 Å². The fraction of sp³-hybridized carbons (Fsp3) is 0.333. The second-order valence-corrected chi connectivity index (χ2v) is 9.72. The van der Waals surface area contributed by atoms with Gasteiger partial charge in [-0.05, 0) is 37.1 Å². The van der Waals surface area contributed by atoms with Gasteiger partial charge in [0.05, 0.1) is 35.2 Å². The van der Waals surface area contributed by atoms with Crippen molar-refractivity contribution >= 4 is 21.6 Å². The first-order valence-electron chi connectivity index (χ1n) is 10.0. The molecule has 0 spiro atoms. The SMILES string of the molecule is O=S(=O)(c1ccc2c(c1)OCCCO2)N(Cc1nnc(-c2ccccc2Cl)o1)C1CC1. The van der Waals surface area contributed by atoms with Crippen molar-refractivity contribution in [3.63, 3.8) is 0 Å². The Morgan fingerprint density at radius 1 is 1.03 bits per heavy atom. The average molecular weight is 462 g/mol. The van der Waals surface area contributed by atoms with Crippen LogP contribution in [0.25, 0.3) is 11.5 Å². The van der Waals surface area contributed by atoms with Gasteiger partial charge in [0.15, 0.2) is 11.5 Å². The van der Waals surface area contributed by atoms with Crippen molar-refractivity contribution in [1.29, 1.82) is 0 Å². The van der Waals surface area contributed by atoms with E-state index in [-0.39, 0.29) is 29.3 Å². The third-order valence-electron chi connectivity index (χ3n) is 5.14. The van der Waals surface area contributed by atoms with Gasteiger partial charge in [-0.3, -0.25) is 0 Å². The molecule has 3 aromatic rings. The molecular weight excluding hydrogens is 442 g/mol. The Morgan fingerprint density at radius 3 is 2.58 bits per heavy atom. The normalized spacial score (nSPS) is 16.3. The van der Waals surface area contributed by atoms with Crippen LogP contribution in [0.3, 0.4) is 0 Å². The molecule has 162 valence electrons. The molecule has 1 aliphatic carbocycles. The number of rotatable bonds is 6. The summed E-state index contributed by atoms with van der Waals surface area (Å²) in [5.41, 5.74) is 0.603. The van der Waals surface area contributed by atoms with Crippen LogP contribution in [0.1, 0.15) is 25.2 Å². The van der Waals surface area contributed by atoms with Crippen molar-refractivity contribution < 1.29 is 22.3 Å². The first-order chi connectivity index (χ1) is 15.0. The van der Waals surface area contributed by atoms with E-state index in [2.05, 4.69) is 10.2 Å². The molecule has 1 aromatic heterocycles. The minimum atomic E-state index is -3.80. The maximum atomic E-state index is 13.4. The average Bonchev–Trinajstić information content (AvgIpc) is 3.54. The fourth-order valence-electron chi connectivity index (χ4n) is 3.41. The standard InChI is InChI=1S/C21H20ClN3O5S/c22-17-5-2-1-4-16(17)21-24-23-20(30-21)13-25(14-6-7-14)31(26,27)15-8-9-18-19(12-15)29-11-3-10-28-18/h1-2,4-5,8-9,12,14H,3,6-7,10-11,13H2. The highest BCUT2D eigenvalue weighted by Crippen LogP contribution is 2.37. The smallest absolute Gasteiger partial charge is 0.249 e. The zero-order valence-corrected chi connectivity index (χ0v) is 18.1. The van der Waals surface area contributed by atoms with Gasteiger partial charge in [0.2, 0.25) is 21.8 Å². The zero-order chi connectivity index (χ0) is 21.4. The molecule has 2 aliphatic rings. The van der Waals surface area contributed by atoms with Gasteiger partial charge in [0, 0.05) is 18.5 Å². The highest BCUT2D eigenvalue weighted by atomic mass is 35.5. The summed E-state index contributed by atoms with van der Waals surface area (Å²) in [6.07, 6.45) is 2.32. The predicted molar refractivity (Wildman–Crippen MR) is 113 cm³/mol. The molecule has 2 heterocycles. The Labute approximate surface area is 184 Å². The third kappa shape index (κ3) is 4.13. The van der Waals surface area contributed by atoms with E-state index in [4.69, 9.17) is 25.5 Å². The van der Waals surface area contributed by atoms with E-state index >= 15 is 0 Å². The van der Waals surface area contributed by atoms with Crippen molar-refractivity contribution in [3.8, 4) is 23.0 Å². The first-order valence-corrected chi connectivity index (χ1v) is 11.8. The molecule has 0 unspecified atom stereocenters. The van der Waals surface area contributed by atoms with Crippen LogP contribution >= 0.6 is 11.6 Å². The van der Waals surface area contributed by atoms with Crippen molar-refractivity contribution in [2.45, 2.75) is 36.7 Å². The molecule has 0 saturated heterocycles. The lowest BCUT2D eigenvalue weighted by Gasteiger charge is -2.21. The number of benzene rings is 2. The maximum Gasteiger partial charge on any atom is 0.249 e. The number of hydrogen-bond acceptors (Lipinski definition) is 7. The number of fused-ring (bicyclic) bond motifs is 1. The summed E-state index contributed by atoms with van der Waals surface area (Å²) in [7, 11) is -3.80. The highest BCUT2D eigenvalue weighted by molar-refractivity contribution is 7.89. The number of ether oxygens (including phenoxy) is 2. The Balaban J connectivity index is 1.43. The summed E-state index contributed by atoms with van der Waals surface area (Å²) < 4.78 is 45.3. The molecule has 0 atom stereocenters. The molecule has 5 rings (SSSR count). The summed E-state index contributed by atoms with van der Waals surface area (Å²) in [6, 6.07) is 11.7. The van der Waals surface area contributed by atoms with E-state index in [1.807, 2.05) is 6.07 Å². The minimum absolute atomic E-state index is 0.0150. The maximum absolute atomic E-state index is 13.4. The Kier molecular flexibility index (Phi) is 5.33. The molecule has 0 N–H and O–H groups in total. The van der Waals surface area contributed by atoms with Gasteiger partial charge in [0.1, 0.15) is 0 Å². The predicted octanol–water partition coefficient (Wildman–Crippen LogP) is 3.90. The van der Waals surface area contributed by atoms with E-state index in [0.29, 0.717) is 35.3 Å². The molecule has 0 bridgehead atoms. The molecule has 1 fully saturated rings. The number of halogens is 1. The van der Waals surface area contributed by atoms with Gasteiger partial charge in [-0.2, -0.15) is 4.31 Å². The second kappa shape index (κ2) is 8.14. The minimum Gasteiger partial charge on any atom is -0.490 e. The molecule has 8 nitrogen and oxygen atoms in total. The second-order valence-electron chi connectivity index (χ2n) is 7.42. The molecule has 10 heteroatoms. The molecule has 1 saturated carbocycles. The van der Waals surface area contributed by atoms with Crippen LogP contribution in [0.2, 0.25) is 5.02 Å². The van der Waals surface area contributed by atoms with Gasteiger partial charge >= 0.3 is 0 Å². The zero-order valence-electron chi connectivity index (χ0n) is 16.5. The van der Waals surface area contributed by atoms with Gasteiger partial charge < -0.3 is 13.9 Å². The lowest BCUT2D eigenvalue weighted by atomic mass is 10.2. The number of sulfonamides is 1. The Morgan fingerprint density at radius 2 is 1.81 bits per heavy atom. The monoisotopic (exact) mass is 461 g/mol. The largest absolute Gasteiger partial charge is 0.490 e. The number of hydrogen-bond donors (Lipinski definition) is 0.